The van der Waals surface area contributed by atoms with Gasteiger partial charge in [-0.2, -0.15) is 5.06 Å². The molecule has 0 aromatic carbocycles. The maximum Gasteiger partial charge on any atom is 0.0863 e. The molecule has 0 amide bonds. The Balaban J connectivity index is 2.04. The molecule has 1 aliphatic rings. The molecule has 0 saturated heterocycles. The molecular formula is C43H79NO3. The van der Waals surface area contributed by atoms with Crippen LogP contribution in [0.25, 0.3) is 0 Å². The Bertz CT molecular complexity index is 700. The number of allylic oxidation sites excluding steroid dienone is 8. The number of unbranched alkanes of at least 4 members (excludes halogenated alkanes) is 18. The van der Waals surface area contributed by atoms with Gasteiger partial charge in [-0.05, 0) is 77.0 Å². The van der Waals surface area contributed by atoms with E-state index in [4.69, 9.17) is 14.3 Å². The lowest BCUT2D eigenvalue weighted by Gasteiger charge is -2.20. The van der Waals surface area contributed by atoms with Gasteiger partial charge < -0.3 is 9.47 Å². The fourth-order valence-electron chi connectivity index (χ4n) is 6.30. The normalized spacial score (nSPS) is 18.9. The van der Waals surface area contributed by atoms with Crippen LogP contribution in [0.15, 0.2) is 48.6 Å². The van der Waals surface area contributed by atoms with Crippen molar-refractivity contribution in [2.24, 2.45) is 0 Å². The Morgan fingerprint density at radius 1 is 0.447 bits per heavy atom. The minimum Gasteiger partial charge on any atom is -0.375 e. The van der Waals surface area contributed by atoms with Crippen LogP contribution in [0.3, 0.4) is 0 Å². The van der Waals surface area contributed by atoms with Crippen LogP contribution in [0.1, 0.15) is 181 Å². The van der Waals surface area contributed by atoms with Crippen LogP contribution in [0.5, 0.6) is 0 Å². The first-order valence-corrected chi connectivity index (χ1v) is 20.3. The van der Waals surface area contributed by atoms with Gasteiger partial charge in [-0.3, -0.25) is 4.84 Å². The number of rotatable bonds is 34. The molecule has 2 unspecified atom stereocenters. The highest BCUT2D eigenvalue weighted by atomic mass is 16.7. The molecule has 0 aliphatic heterocycles. The second-order valence-corrected chi connectivity index (χ2v) is 14.0. The third-order valence-corrected chi connectivity index (χ3v) is 9.12. The summed E-state index contributed by atoms with van der Waals surface area (Å²) < 4.78 is 12.8. The summed E-state index contributed by atoms with van der Waals surface area (Å²) in [6.07, 6.45) is 51.7. The van der Waals surface area contributed by atoms with Gasteiger partial charge in [0, 0.05) is 40.2 Å². The summed E-state index contributed by atoms with van der Waals surface area (Å²) in [6.45, 7) is 6.22. The maximum absolute atomic E-state index is 6.38. The number of hydrogen-bond acceptors (Lipinski definition) is 4. The molecule has 0 aromatic rings. The summed E-state index contributed by atoms with van der Waals surface area (Å²) in [5.74, 6) is 0. The summed E-state index contributed by atoms with van der Waals surface area (Å²) in [4.78, 5) is 6.00. The Kier molecular flexibility index (Phi) is 32.3. The molecular weight excluding hydrogens is 578 g/mol. The van der Waals surface area contributed by atoms with Crippen molar-refractivity contribution < 1.29 is 14.3 Å². The molecule has 4 heteroatoms. The van der Waals surface area contributed by atoms with Crippen LogP contribution in [-0.2, 0) is 14.3 Å². The predicted octanol–water partition coefficient (Wildman–Crippen LogP) is 13.0. The summed E-state index contributed by atoms with van der Waals surface area (Å²) in [5, 5.41) is 1.83. The largest absolute Gasteiger partial charge is 0.375 e. The molecule has 0 bridgehead atoms. The first-order chi connectivity index (χ1) is 23.2. The lowest BCUT2D eigenvalue weighted by atomic mass is 10.1. The molecule has 1 saturated carbocycles. The van der Waals surface area contributed by atoms with Crippen molar-refractivity contribution in [2.45, 2.75) is 199 Å². The van der Waals surface area contributed by atoms with Gasteiger partial charge in [-0.25, -0.2) is 0 Å². The Morgan fingerprint density at radius 2 is 0.787 bits per heavy atom. The van der Waals surface area contributed by atoms with Crippen molar-refractivity contribution >= 4 is 0 Å². The van der Waals surface area contributed by atoms with Crippen LogP contribution >= 0.6 is 0 Å². The molecule has 0 radical (unpaired) electrons. The second-order valence-electron chi connectivity index (χ2n) is 14.0. The van der Waals surface area contributed by atoms with Crippen molar-refractivity contribution in [3.8, 4) is 0 Å². The zero-order chi connectivity index (χ0) is 33.9. The van der Waals surface area contributed by atoms with E-state index >= 15 is 0 Å². The van der Waals surface area contributed by atoms with E-state index < -0.39 is 0 Å². The van der Waals surface area contributed by atoms with E-state index in [1.54, 1.807) is 0 Å². The van der Waals surface area contributed by atoms with Gasteiger partial charge in [-0.15, -0.1) is 0 Å². The zero-order valence-electron chi connectivity index (χ0n) is 31.8. The average Bonchev–Trinajstić information content (AvgIpc) is 3.44. The summed E-state index contributed by atoms with van der Waals surface area (Å²) >= 11 is 0. The number of hydroxylamine groups is 2. The summed E-state index contributed by atoms with van der Waals surface area (Å²) in [7, 11) is 3.94. The van der Waals surface area contributed by atoms with Gasteiger partial charge in [0.05, 0.1) is 18.3 Å². The Hall–Kier alpha value is -1.20. The van der Waals surface area contributed by atoms with Crippen LogP contribution in [0.2, 0.25) is 0 Å². The predicted molar refractivity (Wildman–Crippen MR) is 206 cm³/mol. The molecule has 47 heavy (non-hydrogen) atoms. The number of hydrogen-bond donors (Lipinski definition) is 0. The summed E-state index contributed by atoms with van der Waals surface area (Å²) in [6, 6.07) is 0. The molecule has 2 atom stereocenters. The molecule has 4 nitrogen and oxygen atoms in total. The van der Waals surface area contributed by atoms with Gasteiger partial charge in [0.2, 0.25) is 0 Å². The van der Waals surface area contributed by atoms with E-state index in [2.05, 4.69) is 62.5 Å². The van der Waals surface area contributed by atoms with Gasteiger partial charge in [-0.1, -0.05) is 140 Å². The highest BCUT2D eigenvalue weighted by Gasteiger charge is 2.37. The minimum atomic E-state index is 0.169. The van der Waals surface area contributed by atoms with Crippen molar-refractivity contribution in [2.75, 3.05) is 27.3 Å². The van der Waals surface area contributed by atoms with Gasteiger partial charge >= 0.3 is 0 Å². The van der Waals surface area contributed by atoms with Gasteiger partial charge in [0.25, 0.3) is 0 Å². The lowest BCUT2D eigenvalue weighted by molar-refractivity contribution is -0.165. The molecule has 0 N–H and O–H groups in total. The quantitative estimate of drug-likeness (QED) is 0.0391. The molecule has 1 rings (SSSR count). The first kappa shape index (κ1) is 43.8. The van der Waals surface area contributed by atoms with Crippen LogP contribution in [0.4, 0.5) is 0 Å². The molecule has 0 heterocycles. The Morgan fingerprint density at radius 3 is 1.15 bits per heavy atom. The van der Waals surface area contributed by atoms with Crippen LogP contribution < -0.4 is 0 Å². The average molecular weight is 658 g/mol. The SMILES string of the molecule is CCCCCC=CCC=CCCCCCCCCOC1CC(ON(C)C)CC1OCCCCCCCCC=CCC=CCCCCC. The van der Waals surface area contributed by atoms with E-state index in [1.807, 2.05) is 19.2 Å². The van der Waals surface area contributed by atoms with E-state index in [-0.39, 0.29) is 18.3 Å². The first-order valence-electron chi connectivity index (χ1n) is 20.3. The fourth-order valence-corrected chi connectivity index (χ4v) is 6.30. The highest BCUT2D eigenvalue weighted by molar-refractivity contribution is 4.93. The van der Waals surface area contributed by atoms with Crippen LogP contribution in [-0.4, -0.2) is 50.7 Å². The molecule has 0 aromatic heterocycles. The number of nitrogens with zero attached hydrogens (tertiary/aromatic N) is 1. The summed E-state index contributed by atoms with van der Waals surface area (Å²) in [5.41, 5.74) is 0. The van der Waals surface area contributed by atoms with Gasteiger partial charge in [0.15, 0.2) is 0 Å². The van der Waals surface area contributed by atoms with E-state index in [9.17, 15) is 0 Å². The Labute approximate surface area is 293 Å². The molecule has 1 aliphatic carbocycles. The monoisotopic (exact) mass is 658 g/mol. The van der Waals surface area contributed by atoms with Crippen molar-refractivity contribution in [1.82, 2.24) is 5.06 Å². The third kappa shape index (κ3) is 29.4. The van der Waals surface area contributed by atoms with E-state index in [0.29, 0.717) is 0 Å². The lowest BCUT2D eigenvalue weighted by Crippen LogP contribution is -2.27. The third-order valence-electron chi connectivity index (χ3n) is 9.12. The minimum absolute atomic E-state index is 0.169. The van der Waals surface area contributed by atoms with E-state index in [0.717, 1.165) is 51.7 Å². The highest BCUT2D eigenvalue weighted by Crippen LogP contribution is 2.29. The van der Waals surface area contributed by atoms with E-state index in [1.165, 1.54) is 128 Å². The fraction of sp³-hybridized carbons (Fsp3) is 0.814. The van der Waals surface area contributed by atoms with Crippen molar-refractivity contribution in [3.05, 3.63) is 48.6 Å². The van der Waals surface area contributed by atoms with Crippen LogP contribution in [0, 0.1) is 0 Å². The van der Waals surface area contributed by atoms with Gasteiger partial charge in [0.1, 0.15) is 0 Å². The standard InChI is InChI=1S/C43H79NO3/c1-5-7-9-11-13-15-17-19-21-23-25-27-29-31-33-35-37-45-42-39-41(47-44(3)4)40-43(42)46-38-36-34-32-30-28-26-24-22-20-18-16-14-12-10-8-6-2/h13-16,19-22,41-43H,5-12,17-18,23-40H2,1-4H3. The molecule has 1 fully saturated rings. The molecule has 274 valence electrons. The van der Waals surface area contributed by atoms with Crippen molar-refractivity contribution in [1.29, 1.82) is 0 Å². The molecule has 0 spiro atoms. The van der Waals surface area contributed by atoms with Crippen molar-refractivity contribution in [3.63, 3.8) is 0 Å². The second kappa shape index (κ2) is 34.7. The topological polar surface area (TPSA) is 30.9 Å². The maximum atomic E-state index is 6.38. The smallest absolute Gasteiger partial charge is 0.0863 e. The number of ether oxygens (including phenoxy) is 2. The zero-order valence-corrected chi connectivity index (χ0v) is 31.8.